The standard InChI is InChI=1S/C13H25NO/c1-13(2,3)9-11-6-4-5-10(7-11)8-12(14)15/h10-11H,4-9H2,1-3H3,(H2,14,15)/t10-,11-/m0/s1. The summed E-state index contributed by atoms with van der Waals surface area (Å²) in [4.78, 5) is 10.9. The van der Waals surface area contributed by atoms with Crippen molar-refractivity contribution in [3.05, 3.63) is 0 Å². The van der Waals surface area contributed by atoms with E-state index in [1.54, 1.807) is 0 Å². The number of carbonyl (C=O) groups is 1. The van der Waals surface area contributed by atoms with Crippen molar-refractivity contribution in [2.45, 2.75) is 59.3 Å². The van der Waals surface area contributed by atoms with Crippen LogP contribution in [-0.2, 0) is 4.79 Å². The lowest BCUT2D eigenvalue weighted by Gasteiger charge is -2.32. The maximum atomic E-state index is 10.9. The van der Waals surface area contributed by atoms with Crippen LogP contribution < -0.4 is 5.73 Å². The molecule has 0 radical (unpaired) electrons. The molecule has 1 saturated carbocycles. The van der Waals surface area contributed by atoms with E-state index in [2.05, 4.69) is 20.8 Å². The summed E-state index contributed by atoms with van der Waals surface area (Å²) in [7, 11) is 0. The SMILES string of the molecule is CC(C)(C)C[C@H]1CCC[C@H](CC(N)=O)C1. The fourth-order valence-electron chi connectivity index (χ4n) is 2.92. The Morgan fingerprint density at radius 2 is 1.87 bits per heavy atom. The molecule has 88 valence electrons. The molecule has 1 rings (SSSR count). The molecular formula is C13H25NO. The van der Waals surface area contributed by atoms with E-state index in [4.69, 9.17) is 5.73 Å². The van der Waals surface area contributed by atoms with Crippen LogP contribution in [-0.4, -0.2) is 5.91 Å². The van der Waals surface area contributed by atoms with Crippen molar-refractivity contribution in [2.75, 3.05) is 0 Å². The third kappa shape index (κ3) is 5.19. The lowest BCUT2D eigenvalue weighted by molar-refractivity contribution is -0.119. The molecule has 2 nitrogen and oxygen atoms in total. The van der Waals surface area contributed by atoms with Crippen molar-refractivity contribution < 1.29 is 4.79 Å². The molecule has 0 heterocycles. The van der Waals surface area contributed by atoms with Gasteiger partial charge in [0.1, 0.15) is 0 Å². The summed E-state index contributed by atoms with van der Waals surface area (Å²) < 4.78 is 0. The predicted molar refractivity (Wildman–Crippen MR) is 63.3 cm³/mol. The summed E-state index contributed by atoms with van der Waals surface area (Å²) >= 11 is 0. The largest absolute Gasteiger partial charge is 0.370 e. The van der Waals surface area contributed by atoms with Gasteiger partial charge in [0.2, 0.25) is 5.91 Å². The predicted octanol–water partition coefficient (Wildman–Crippen LogP) is 3.10. The lowest BCUT2D eigenvalue weighted by Crippen LogP contribution is -2.24. The molecule has 1 fully saturated rings. The topological polar surface area (TPSA) is 43.1 Å². The van der Waals surface area contributed by atoms with E-state index in [0.717, 1.165) is 5.92 Å². The van der Waals surface area contributed by atoms with Gasteiger partial charge >= 0.3 is 0 Å². The van der Waals surface area contributed by atoms with Crippen molar-refractivity contribution >= 4 is 5.91 Å². The van der Waals surface area contributed by atoms with E-state index in [0.29, 0.717) is 17.8 Å². The Balaban J connectivity index is 2.38. The van der Waals surface area contributed by atoms with Crippen molar-refractivity contribution in [3.63, 3.8) is 0 Å². The molecule has 0 aromatic carbocycles. The number of hydrogen-bond acceptors (Lipinski definition) is 1. The van der Waals surface area contributed by atoms with Crippen LogP contribution >= 0.6 is 0 Å². The van der Waals surface area contributed by atoms with Crippen LogP contribution in [0, 0.1) is 17.3 Å². The van der Waals surface area contributed by atoms with Gasteiger partial charge in [-0.15, -0.1) is 0 Å². The highest BCUT2D eigenvalue weighted by molar-refractivity contribution is 5.73. The third-order valence-electron chi connectivity index (χ3n) is 3.28. The average Bonchev–Trinajstić information content (AvgIpc) is 1.99. The highest BCUT2D eigenvalue weighted by Gasteiger charge is 2.26. The Bertz CT molecular complexity index is 217. The second-order valence-electron chi connectivity index (χ2n) is 6.33. The van der Waals surface area contributed by atoms with E-state index < -0.39 is 0 Å². The normalized spacial score (nSPS) is 27.7. The van der Waals surface area contributed by atoms with Crippen LogP contribution in [0.3, 0.4) is 0 Å². The van der Waals surface area contributed by atoms with E-state index in [9.17, 15) is 4.79 Å². The first-order chi connectivity index (χ1) is 6.87. The summed E-state index contributed by atoms with van der Waals surface area (Å²) in [5, 5.41) is 0. The second kappa shape index (κ2) is 5.00. The van der Waals surface area contributed by atoms with Gasteiger partial charge in [-0.25, -0.2) is 0 Å². The summed E-state index contributed by atoms with van der Waals surface area (Å²) in [5.74, 6) is 1.24. The Morgan fingerprint density at radius 3 is 2.40 bits per heavy atom. The van der Waals surface area contributed by atoms with Crippen molar-refractivity contribution in [2.24, 2.45) is 23.0 Å². The zero-order valence-corrected chi connectivity index (χ0v) is 10.4. The number of primary amides is 1. The Kier molecular flexibility index (Phi) is 4.18. The first-order valence-corrected chi connectivity index (χ1v) is 6.15. The third-order valence-corrected chi connectivity index (χ3v) is 3.28. The molecule has 15 heavy (non-hydrogen) atoms. The molecule has 1 aliphatic carbocycles. The van der Waals surface area contributed by atoms with Crippen LogP contribution in [0.2, 0.25) is 0 Å². The number of rotatable bonds is 3. The minimum atomic E-state index is -0.128. The fourth-order valence-corrected chi connectivity index (χ4v) is 2.92. The molecule has 1 amide bonds. The number of amides is 1. The van der Waals surface area contributed by atoms with Gasteiger partial charge in [-0.3, -0.25) is 4.79 Å². The number of hydrogen-bond donors (Lipinski definition) is 1. The molecule has 0 aliphatic heterocycles. The monoisotopic (exact) mass is 211 g/mol. The molecule has 0 aromatic rings. The molecule has 0 unspecified atom stereocenters. The van der Waals surface area contributed by atoms with Gasteiger partial charge in [-0.05, 0) is 36.5 Å². The minimum absolute atomic E-state index is 0.128. The fraction of sp³-hybridized carbons (Fsp3) is 0.923. The van der Waals surface area contributed by atoms with Gasteiger partial charge in [0.05, 0.1) is 0 Å². The first-order valence-electron chi connectivity index (χ1n) is 6.15. The lowest BCUT2D eigenvalue weighted by atomic mass is 9.73. The van der Waals surface area contributed by atoms with Gasteiger partial charge in [-0.1, -0.05) is 33.6 Å². The van der Waals surface area contributed by atoms with Crippen LogP contribution in [0.15, 0.2) is 0 Å². The van der Waals surface area contributed by atoms with Crippen molar-refractivity contribution in [3.8, 4) is 0 Å². The van der Waals surface area contributed by atoms with Gasteiger partial charge in [-0.2, -0.15) is 0 Å². The molecule has 2 atom stereocenters. The van der Waals surface area contributed by atoms with E-state index in [1.165, 1.54) is 32.1 Å². The van der Waals surface area contributed by atoms with Gasteiger partial charge in [0.15, 0.2) is 0 Å². The Hall–Kier alpha value is -0.530. The van der Waals surface area contributed by atoms with Gasteiger partial charge < -0.3 is 5.73 Å². The van der Waals surface area contributed by atoms with Gasteiger partial charge in [0, 0.05) is 6.42 Å². The quantitative estimate of drug-likeness (QED) is 0.766. The van der Waals surface area contributed by atoms with E-state index in [1.807, 2.05) is 0 Å². The molecule has 2 heteroatoms. The van der Waals surface area contributed by atoms with Crippen LogP contribution in [0.25, 0.3) is 0 Å². The van der Waals surface area contributed by atoms with Gasteiger partial charge in [0.25, 0.3) is 0 Å². The minimum Gasteiger partial charge on any atom is -0.370 e. The number of carbonyl (C=O) groups excluding carboxylic acids is 1. The zero-order valence-electron chi connectivity index (χ0n) is 10.4. The smallest absolute Gasteiger partial charge is 0.217 e. The summed E-state index contributed by atoms with van der Waals surface area (Å²) in [6.45, 7) is 6.89. The average molecular weight is 211 g/mol. The molecular weight excluding hydrogens is 186 g/mol. The summed E-state index contributed by atoms with van der Waals surface area (Å²) in [6, 6.07) is 0. The summed E-state index contributed by atoms with van der Waals surface area (Å²) in [5.41, 5.74) is 5.67. The number of nitrogens with two attached hydrogens (primary N) is 1. The molecule has 2 N–H and O–H groups in total. The summed E-state index contributed by atoms with van der Waals surface area (Å²) in [6.07, 6.45) is 6.90. The van der Waals surface area contributed by atoms with Crippen molar-refractivity contribution in [1.82, 2.24) is 0 Å². The maximum Gasteiger partial charge on any atom is 0.217 e. The highest BCUT2D eigenvalue weighted by atomic mass is 16.1. The van der Waals surface area contributed by atoms with E-state index >= 15 is 0 Å². The van der Waals surface area contributed by atoms with Crippen LogP contribution in [0.4, 0.5) is 0 Å². The van der Waals surface area contributed by atoms with Crippen LogP contribution in [0.5, 0.6) is 0 Å². The molecule has 0 saturated heterocycles. The molecule has 1 aliphatic rings. The van der Waals surface area contributed by atoms with Crippen LogP contribution in [0.1, 0.15) is 59.3 Å². The molecule has 0 bridgehead atoms. The second-order valence-corrected chi connectivity index (χ2v) is 6.33. The first kappa shape index (κ1) is 12.5. The molecule has 0 spiro atoms. The Morgan fingerprint density at radius 1 is 1.27 bits per heavy atom. The Labute approximate surface area is 93.6 Å². The van der Waals surface area contributed by atoms with Crippen molar-refractivity contribution in [1.29, 1.82) is 0 Å². The highest BCUT2D eigenvalue weighted by Crippen LogP contribution is 2.37. The zero-order chi connectivity index (χ0) is 11.5. The van der Waals surface area contributed by atoms with E-state index in [-0.39, 0.29) is 5.91 Å². The molecule has 0 aromatic heterocycles. The maximum absolute atomic E-state index is 10.9.